The number of guanidine groups is 1. The van der Waals surface area contributed by atoms with Crippen molar-refractivity contribution in [2.45, 2.75) is 75.0 Å². The highest BCUT2D eigenvalue weighted by molar-refractivity contribution is 9.10. The van der Waals surface area contributed by atoms with Crippen LogP contribution in [0, 0.1) is 0 Å². The summed E-state index contributed by atoms with van der Waals surface area (Å²) in [6, 6.07) is 34.0. The number of hydrogen-bond donors (Lipinski definition) is 9. The van der Waals surface area contributed by atoms with Gasteiger partial charge in [-0.05, 0) is 77.8 Å². The number of anilines is 1. The topological polar surface area (TPSA) is 269 Å². The summed E-state index contributed by atoms with van der Waals surface area (Å²) in [6.45, 7) is 0.123. The number of H-pyrrole nitrogens is 1. The van der Waals surface area contributed by atoms with E-state index in [0.717, 1.165) is 43.2 Å². The van der Waals surface area contributed by atoms with Crippen LogP contribution in [0.5, 0.6) is 0 Å². The molecule has 16 nitrogen and oxygen atoms in total. The largest absolute Gasteiger partial charge is 0.370 e. The van der Waals surface area contributed by atoms with Gasteiger partial charge < -0.3 is 48.8 Å². The molecule has 0 aliphatic heterocycles. The smallest absolute Gasteiger partial charge is 0.250 e. The molecule has 0 radical (unpaired) electrons. The van der Waals surface area contributed by atoms with Crippen LogP contribution in [-0.2, 0) is 56.1 Å². The normalized spacial score (nSPS) is 15.3. The number of nitrogens with one attached hydrogen (secondary N) is 6. The maximum absolute atomic E-state index is 15.0. The van der Waals surface area contributed by atoms with E-state index in [1.54, 1.807) is 18.3 Å². The van der Waals surface area contributed by atoms with Crippen LogP contribution < -0.4 is 43.8 Å². The van der Waals surface area contributed by atoms with Crippen LogP contribution in [0.25, 0.3) is 10.9 Å². The van der Waals surface area contributed by atoms with Crippen molar-refractivity contribution in [1.29, 1.82) is 0 Å². The number of rotatable bonds is 20. The van der Waals surface area contributed by atoms with Crippen molar-refractivity contribution in [2.75, 3.05) is 11.9 Å². The number of hydrogen-bond acceptors (Lipinski definition) is 7. The van der Waals surface area contributed by atoms with Crippen molar-refractivity contribution in [3.05, 3.63) is 171 Å². The summed E-state index contributed by atoms with van der Waals surface area (Å²) in [6.07, 6.45) is 2.96. The second-order valence-corrected chi connectivity index (χ2v) is 18.0. The molecular formula is C52H55BrN10O6. The summed E-state index contributed by atoms with van der Waals surface area (Å²) in [7, 11) is 0. The van der Waals surface area contributed by atoms with Gasteiger partial charge in [-0.2, -0.15) is 0 Å². The summed E-state index contributed by atoms with van der Waals surface area (Å²) >= 11 is 3.65. The molecule has 69 heavy (non-hydrogen) atoms. The van der Waals surface area contributed by atoms with Gasteiger partial charge in [-0.3, -0.25) is 33.8 Å². The van der Waals surface area contributed by atoms with Gasteiger partial charge in [0.15, 0.2) is 5.96 Å². The molecule has 6 aromatic rings. The van der Waals surface area contributed by atoms with Crippen molar-refractivity contribution in [2.24, 2.45) is 22.2 Å². The van der Waals surface area contributed by atoms with Gasteiger partial charge in [0, 0.05) is 47.4 Å². The number of aromatic amines is 1. The van der Waals surface area contributed by atoms with E-state index >= 15 is 0 Å². The van der Waals surface area contributed by atoms with Crippen LogP contribution in [0.1, 0.15) is 57.4 Å². The molecule has 4 atom stereocenters. The molecule has 5 aromatic carbocycles. The Morgan fingerprint density at radius 1 is 0.696 bits per heavy atom. The molecule has 7 rings (SSSR count). The lowest BCUT2D eigenvalue weighted by Gasteiger charge is -2.39. The Balaban J connectivity index is 1.18. The molecule has 0 saturated carbocycles. The number of para-hydroxylation sites is 2. The quantitative estimate of drug-likeness (QED) is 0.0303. The number of carbonyl (C=O) groups is 6. The molecule has 17 heteroatoms. The van der Waals surface area contributed by atoms with E-state index in [9.17, 15) is 28.8 Å². The molecule has 356 valence electrons. The Bertz CT molecular complexity index is 2850. The molecule has 1 aliphatic carbocycles. The molecule has 1 aromatic heterocycles. The molecule has 1 heterocycles. The van der Waals surface area contributed by atoms with Crippen molar-refractivity contribution in [3.63, 3.8) is 0 Å². The fourth-order valence-electron chi connectivity index (χ4n) is 8.68. The first kappa shape index (κ1) is 49.1. The lowest BCUT2D eigenvalue weighted by molar-refractivity contribution is -0.137. The monoisotopic (exact) mass is 994 g/mol. The van der Waals surface area contributed by atoms with Gasteiger partial charge in [0.2, 0.25) is 29.5 Å². The van der Waals surface area contributed by atoms with E-state index in [1.165, 1.54) is 12.1 Å². The van der Waals surface area contributed by atoms with Gasteiger partial charge in [-0.25, -0.2) is 0 Å². The summed E-state index contributed by atoms with van der Waals surface area (Å²) in [4.78, 5) is 92.1. The highest BCUT2D eigenvalue weighted by Crippen LogP contribution is 2.34. The molecule has 0 saturated heterocycles. The Kier molecular flexibility index (Phi) is 16.2. The minimum absolute atomic E-state index is 0.0133. The maximum Gasteiger partial charge on any atom is 0.250 e. The molecule has 6 amide bonds. The predicted molar refractivity (Wildman–Crippen MR) is 269 cm³/mol. The first-order valence-electron chi connectivity index (χ1n) is 22.7. The van der Waals surface area contributed by atoms with Crippen molar-refractivity contribution in [3.8, 4) is 0 Å². The zero-order chi connectivity index (χ0) is 48.9. The van der Waals surface area contributed by atoms with Crippen molar-refractivity contribution < 1.29 is 28.8 Å². The average molecular weight is 996 g/mol. The fraction of sp³-hybridized carbons (Fsp3) is 0.250. The third-order valence-electron chi connectivity index (χ3n) is 12.2. The zero-order valence-electron chi connectivity index (χ0n) is 37.8. The number of halogens is 1. The standard InChI is InChI=1S/C52H55BrN10O6/c53-39-20-11-17-34-30-52(25-24-36(34)39,63-45(64)28-33-15-5-2-6-16-33)50(69)62-43(27-32-13-3-1-4-14-32)48(67)60-42(23-12-26-57-51(55)56)47(66)61-44(29-35-31-58-40-21-9-7-18-37(35)40)49(68)59-41-22-10-8-19-38(41)46(54)65/h1-11,13-22,31,42-44,58H,12,23-30H2,(H2,54,65)(H,59,68)(H,60,67)(H,61,66)(H,62,69)(H,63,64)(H4,55,56,57). The van der Waals surface area contributed by atoms with Gasteiger partial charge in [-0.1, -0.05) is 119 Å². The first-order valence-corrected chi connectivity index (χ1v) is 23.4. The third kappa shape index (κ3) is 12.8. The number of carbonyl (C=O) groups excluding carboxylic acids is 6. The highest BCUT2D eigenvalue weighted by atomic mass is 79.9. The number of aliphatic imine (C=N–C) groups is 1. The SMILES string of the molecule is NC(=O)c1ccccc1NC(=O)C(Cc1c[nH]c2ccccc12)NC(=O)C(CCCN=C(N)N)NC(=O)C(Cc1ccccc1)NC(=O)C1(NC(=O)Cc2ccccc2)CCc2c(Br)cccc2C1. The number of nitrogens with two attached hydrogens (primary N) is 3. The number of nitrogens with zero attached hydrogens (tertiary/aromatic N) is 1. The molecule has 4 unspecified atom stereocenters. The Labute approximate surface area is 407 Å². The predicted octanol–water partition coefficient (Wildman–Crippen LogP) is 4.25. The second-order valence-electron chi connectivity index (χ2n) is 17.1. The van der Waals surface area contributed by atoms with Crippen molar-refractivity contribution in [1.82, 2.24) is 26.3 Å². The number of fused-ring (bicyclic) bond motifs is 2. The highest BCUT2D eigenvalue weighted by Gasteiger charge is 2.44. The van der Waals surface area contributed by atoms with E-state index in [-0.39, 0.29) is 74.6 Å². The number of aromatic nitrogens is 1. The Morgan fingerprint density at radius 2 is 1.35 bits per heavy atom. The van der Waals surface area contributed by atoms with E-state index < -0.39 is 53.2 Å². The second kappa shape index (κ2) is 22.8. The van der Waals surface area contributed by atoms with Crippen molar-refractivity contribution >= 4 is 73.9 Å². The van der Waals surface area contributed by atoms with Gasteiger partial charge in [0.25, 0.3) is 5.91 Å². The van der Waals surface area contributed by atoms with E-state index in [1.807, 2.05) is 103 Å². The van der Waals surface area contributed by atoms with Crippen LogP contribution in [-0.4, -0.2) is 76.6 Å². The van der Waals surface area contributed by atoms with Crippen LogP contribution >= 0.6 is 15.9 Å². The maximum atomic E-state index is 15.0. The Hall–Kier alpha value is -7.79. The van der Waals surface area contributed by atoms with Gasteiger partial charge >= 0.3 is 0 Å². The minimum Gasteiger partial charge on any atom is -0.370 e. The zero-order valence-corrected chi connectivity index (χ0v) is 39.4. The lowest BCUT2D eigenvalue weighted by atomic mass is 9.76. The molecule has 0 spiro atoms. The number of benzene rings is 5. The minimum atomic E-state index is -1.44. The average Bonchev–Trinajstić information content (AvgIpc) is 3.75. The van der Waals surface area contributed by atoms with Gasteiger partial charge in [-0.15, -0.1) is 0 Å². The number of amides is 6. The van der Waals surface area contributed by atoms with Crippen LogP contribution in [0.3, 0.4) is 0 Å². The summed E-state index contributed by atoms with van der Waals surface area (Å²) in [5.74, 6) is -3.88. The van der Waals surface area contributed by atoms with E-state index in [0.29, 0.717) is 6.42 Å². The molecule has 12 N–H and O–H groups in total. The van der Waals surface area contributed by atoms with Crippen LogP contribution in [0.4, 0.5) is 5.69 Å². The summed E-state index contributed by atoms with van der Waals surface area (Å²) in [5, 5.41) is 15.4. The summed E-state index contributed by atoms with van der Waals surface area (Å²) < 4.78 is 0.895. The molecule has 1 aliphatic rings. The number of primary amides is 1. The van der Waals surface area contributed by atoms with E-state index in [2.05, 4.69) is 52.5 Å². The van der Waals surface area contributed by atoms with Crippen LogP contribution in [0.2, 0.25) is 0 Å². The summed E-state index contributed by atoms with van der Waals surface area (Å²) in [5.41, 5.74) is 20.6. The van der Waals surface area contributed by atoms with Gasteiger partial charge in [0.1, 0.15) is 23.7 Å². The van der Waals surface area contributed by atoms with Crippen LogP contribution in [0.15, 0.2) is 143 Å². The molecule has 0 bridgehead atoms. The van der Waals surface area contributed by atoms with E-state index in [4.69, 9.17) is 17.2 Å². The Morgan fingerprint density at radius 3 is 2.09 bits per heavy atom. The van der Waals surface area contributed by atoms with Gasteiger partial charge in [0.05, 0.1) is 17.7 Å². The fourth-order valence-corrected chi connectivity index (χ4v) is 9.28. The lowest BCUT2D eigenvalue weighted by Crippen LogP contribution is -2.65. The first-order chi connectivity index (χ1) is 33.3. The molecular weight excluding hydrogens is 941 g/mol. The molecule has 0 fully saturated rings. The third-order valence-corrected chi connectivity index (χ3v) is 12.9.